The number of piperazine rings is 1. The highest BCUT2D eigenvalue weighted by atomic mass is 16.7. The van der Waals surface area contributed by atoms with Gasteiger partial charge in [0.2, 0.25) is 5.91 Å². The van der Waals surface area contributed by atoms with E-state index in [1.54, 1.807) is 7.11 Å². The minimum absolute atomic E-state index is 0.110. The van der Waals surface area contributed by atoms with Crippen LogP contribution >= 0.6 is 0 Å². The number of benzene rings is 1. The number of hydroxylamine groups is 1. The molecule has 1 saturated carbocycles. The average Bonchev–Trinajstić information content (AvgIpc) is 3.87. The minimum Gasteiger partial charge on any atom is -0.494 e. The third-order valence-electron chi connectivity index (χ3n) is 9.82. The van der Waals surface area contributed by atoms with Gasteiger partial charge >= 0.3 is 0 Å². The lowest BCUT2D eigenvalue weighted by atomic mass is 10.0. The summed E-state index contributed by atoms with van der Waals surface area (Å²) in [5, 5.41) is 8.30. The summed E-state index contributed by atoms with van der Waals surface area (Å²) in [6, 6.07) is 13.3. The Balaban J connectivity index is 1.06. The van der Waals surface area contributed by atoms with Crippen LogP contribution < -0.4 is 25.3 Å². The van der Waals surface area contributed by atoms with Gasteiger partial charge in [-0.1, -0.05) is 12.6 Å². The molecule has 3 aliphatic heterocycles. The zero-order chi connectivity index (χ0) is 32.2. The predicted molar refractivity (Wildman–Crippen MR) is 183 cm³/mol. The number of carbonyl (C=O) groups excluding carboxylic acids is 1. The summed E-state index contributed by atoms with van der Waals surface area (Å²) in [5.74, 6) is 1.63. The van der Waals surface area contributed by atoms with Gasteiger partial charge in [0.05, 0.1) is 36.8 Å². The van der Waals surface area contributed by atoms with E-state index in [-0.39, 0.29) is 11.9 Å². The fourth-order valence-electron chi connectivity index (χ4n) is 7.14. The number of hydrogen-bond donors (Lipinski definition) is 2. The Morgan fingerprint density at radius 1 is 0.957 bits per heavy atom. The van der Waals surface area contributed by atoms with E-state index in [0.29, 0.717) is 41.4 Å². The van der Waals surface area contributed by atoms with Crippen molar-refractivity contribution in [1.82, 2.24) is 24.8 Å². The van der Waals surface area contributed by atoms with Gasteiger partial charge in [0, 0.05) is 81.8 Å². The second kappa shape index (κ2) is 14.2. The number of piperidine rings is 1. The molecule has 0 bridgehead atoms. The Bertz CT molecular complexity index is 1540. The molecule has 7 rings (SSSR count). The zero-order valence-electron chi connectivity index (χ0n) is 27.2. The Hall–Kier alpha value is -4.26. The maximum atomic E-state index is 12.6. The van der Waals surface area contributed by atoms with Crippen molar-refractivity contribution >= 4 is 34.6 Å². The molecule has 2 aromatic heterocycles. The summed E-state index contributed by atoms with van der Waals surface area (Å²) in [6.07, 6.45) is 11.2. The van der Waals surface area contributed by atoms with E-state index in [0.717, 1.165) is 69.3 Å². The minimum atomic E-state index is -0.264. The van der Waals surface area contributed by atoms with Crippen molar-refractivity contribution in [1.29, 1.82) is 0 Å². The first-order valence-electron chi connectivity index (χ1n) is 16.9. The van der Waals surface area contributed by atoms with Crippen LogP contribution in [0.15, 0.2) is 61.6 Å². The van der Waals surface area contributed by atoms with Crippen molar-refractivity contribution in [2.45, 2.75) is 56.7 Å². The molecule has 0 radical (unpaired) electrons. The molecule has 248 valence electrons. The van der Waals surface area contributed by atoms with Crippen LogP contribution in [-0.4, -0.2) is 102 Å². The zero-order valence-corrected chi connectivity index (χ0v) is 27.2. The topological polar surface area (TPSA) is 111 Å². The second-order valence-corrected chi connectivity index (χ2v) is 12.8. The molecule has 1 amide bonds. The molecule has 1 aromatic carbocycles. The van der Waals surface area contributed by atoms with Crippen LogP contribution in [0.4, 0.5) is 28.7 Å². The molecule has 3 aromatic rings. The quantitative estimate of drug-likeness (QED) is 0.294. The summed E-state index contributed by atoms with van der Waals surface area (Å²) in [6.45, 7) is 10.8. The molecule has 4 fully saturated rings. The maximum absolute atomic E-state index is 12.6. The Kier molecular flexibility index (Phi) is 9.50. The number of aromatic nitrogens is 3. The monoisotopic (exact) mass is 639 g/mol. The van der Waals surface area contributed by atoms with Gasteiger partial charge in [0.25, 0.3) is 0 Å². The summed E-state index contributed by atoms with van der Waals surface area (Å²) in [5.41, 5.74) is 3.32. The first-order valence-corrected chi connectivity index (χ1v) is 16.9. The highest BCUT2D eigenvalue weighted by Gasteiger charge is 2.34. The van der Waals surface area contributed by atoms with Crippen LogP contribution in [-0.2, 0) is 16.1 Å². The van der Waals surface area contributed by atoms with E-state index in [9.17, 15) is 4.79 Å². The molecule has 1 aliphatic carbocycles. The number of rotatable bonds is 11. The molecule has 12 heteroatoms. The van der Waals surface area contributed by atoms with Gasteiger partial charge in [-0.25, -0.2) is 15.0 Å². The number of nitrogens with one attached hydrogen (secondary N) is 2. The summed E-state index contributed by atoms with van der Waals surface area (Å²) < 4.78 is 5.88. The van der Waals surface area contributed by atoms with Gasteiger partial charge in [-0.2, -0.15) is 0 Å². The van der Waals surface area contributed by atoms with Crippen LogP contribution in [0.25, 0.3) is 0 Å². The van der Waals surface area contributed by atoms with Crippen molar-refractivity contribution in [2.75, 3.05) is 73.6 Å². The number of carbonyl (C=O) groups is 1. The SMILES string of the molecule is C=CC(=O)Nc1cc(Nc2cc(N3OCC[C@@H]3Cc3ccccn3)ncn2)c(OC)cc1N1CCC(N2CCN(C3CC3)CC2)CC1. The average molecular weight is 640 g/mol. The highest BCUT2D eigenvalue weighted by Crippen LogP contribution is 2.40. The van der Waals surface area contributed by atoms with Crippen molar-refractivity contribution in [2.24, 2.45) is 0 Å². The van der Waals surface area contributed by atoms with Crippen LogP contribution in [0, 0.1) is 0 Å². The lowest BCUT2D eigenvalue weighted by Crippen LogP contribution is -2.53. The van der Waals surface area contributed by atoms with Gasteiger partial charge < -0.3 is 20.3 Å². The number of ether oxygens (including phenoxy) is 1. The first-order chi connectivity index (χ1) is 23.1. The Morgan fingerprint density at radius 2 is 1.72 bits per heavy atom. The molecular formula is C35H45N9O3. The Morgan fingerprint density at radius 3 is 2.40 bits per heavy atom. The smallest absolute Gasteiger partial charge is 0.247 e. The standard InChI is InChI=1S/C35H45N9O3/c1-3-35(45)40-29-21-30(39-33-23-34(38-24-37-33)44-28(11-19-47-44)20-25-6-4-5-12-36-25)32(46-2)22-31(29)43-13-9-27(10-14-43)42-17-15-41(16-18-42)26-7-8-26/h3-6,12,21-24,26-28H,1,7-11,13-20H2,2H3,(H,40,45)(H,37,38,39)/t28-/m1/s1. The number of methoxy groups -OCH3 is 1. The third-order valence-corrected chi connectivity index (χ3v) is 9.82. The molecule has 0 unspecified atom stereocenters. The van der Waals surface area contributed by atoms with E-state index in [1.165, 1.54) is 38.3 Å². The van der Waals surface area contributed by atoms with E-state index in [1.807, 2.05) is 47.7 Å². The lowest BCUT2D eigenvalue weighted by Gasteiger charge is -2.43. The van der Waals surface area contributed by atoms with Crippen LogP contribution in [0.2, 0.25) is 0 Å². The molecular weight excluding hydrogens is 594 g/mol. The fourth-order valence-corrected chi connectivity index (χ4v) is 7.14. The summed E-state index contributed by atoms with van der Waals surface area (Å²) >= 11 is 0. The van der Waals surface area contributed by atoms with Gasteiger partial charge in [-0.05, 0) is 56.4 Å². The summed E-state index contributed by atoms with van der Waals surface area (Å²) in [7, 11) is 1.66. The molecule has 1 atom stereocenters. The van der Waals surface area contributed by atoms with Gasteiger partial charge in [0.15, 0.2) is 5.82 Å². The van der Waals surface area contributed by atoms with E-state index in [4.69, 9.17) is 9.57 Å². The first kappa shape index (κ1) is 31.3. The molecule has 2 N–H and O–H groups in total. The van der Waals surface area contributed by atoms with Crippen LogP contribution in [0.5, 0.6) is 5.75 Å². The van der Waals surface area contributed by atoms with Gasteiger partial charge in [-0.3, -0.25) is 24.4 Å². The molecule has 3 saturated heterocycles. The number of pyridine rings is 1. The lowest BCUT2D eigenvalue weighted by molar-refractivity contribution is -0.111. The molecule has 4 aliphatic rings. The van der Waals surface area contributed by atoms with E-state index < -0.39 is 0 Å². The van der Waals surface area contributed by atoms with Crippen molar-refractivity contribution in [3.8, 4) is 5.75 Å². The normalized spacial score (nSPS) is 21.1. The van der Waals surface area contributed by atoms with Crippen molar-refractivity contribution in [3.05, 3.63) is 67.3 Å². The Labute approximate surface area is 276 Å². The maximum Gasteiger partial charge on any atom is 0.247 e. The largest absolute Gasteiger partial charge is 0.494 e. The highest BCUT2D eigenvalue weighted by molar-refractivity contribution is 6.02. The number of nitrogens with zero attached hydrogens (tertiary/aromatic N) is 7. The van der Waals surface area contributed by atoms with Crippen LogP contribution in [0.3, 0.4) is 0 Å². The van der Waals surface area contributed by atoms with Crippen molar-refractivity contribution < 1.29 is 14.4 Å². The van der Waals surface area contributed by atoms with E-state index >= 15 is 0 Å². The van der Waals surface area contributed by atoms with Gasteiger partial charge in [-0.15, -0.1) is 0 Å². The van der Waals surface area contributed by atoms with E-state index in [2.05, 4.69) is 46.9 Å². The molecule has 47 heavy (non-hydrogen) atoms. The fraction of sp³-hybridized carbons (Fsp3) is 0.486. The van der Waals surface area contributed by atoms with Crippen molar-refractivity contribution in [3.63, 3.8) is 0 Å². The third kappa shape index (κ3) is 7.34. The number of anilines is 5. The molecule has 5 heterocycles. The van der Waals surface area contributed by atoms with Gasteiger partial charge in [0.1, 0.15) is 17.9 Å². The molecule has 12 nitrogen and oxygen atoms in total. The van der Waals surface area contributed by atoms with Crippen LogP contribution in [0.1, 0.15) is 37.8 Å². The number of amides is 1. The number of hydrogen-bond acceptors (Lipinski definition) is 11. The summed E-state index contributed by atoms with van der Waals surface area (Å²) in [4.78, 5) is 39.8. The predicted octanol–water partition coefficient (Wildman–Crippen LogP) is 4.25. The second-order valence-electron chi connectivity index (χ2n) is 12.8. The molecule has 0 spiro atoms.